The van der Waals surface area contributed by atoms with Gasteiger partial charge in [-0.25, -0.2) is 9.18 Å². The maximum Gasteiger partial charge on any atom is 0.321 e. The van der Waals surface area contributed by atoms with Crippen molar-refractivity contribution in [3.63, 3.8) is 0 Å². The average molecular weight is 546 g/mol. The van der Waals surface area contributed by atoms with Crippen LogP contribution in [0.1, 0.15) is 0 Å². The van der Waals surface area contributed by atoms with Crippen molar-refractivity contribution in [2.24, 2.45) is 0 Å². The van der Waals surface area contributed by atoms with Crippen LogP contribution in [0.25, 0.3) is 21.3 Å². The average Bonchev–Trinajstić information content (AvgIpc) is 3.34. The Labute approximate surface area is 231 Å². The predicted molar refractivity (Wildman–Crippen MR) is 158 cm³/mol. The summed E-state index contributed by atoms with van der Waals surface area (Å²) < 4.78 is 15.8. The van der Waals surface area contributed by atoms with Gasteiger partial charge in [-0.3, -0.25) is 4.98 Å². The highest BCUT2D eigenvalue weighted by atomic mass is 32.1. The van der Waals surface area contributed by atoms with E-state index >= 15 is 0 Å². The van der Waals surface area contributed by atoms with E-state index < -0.39 is 0 Å². The number of piperazine rings is 2. The first kappa shape index (κ1) is 25.4. The number of nitrogen functional groups attached to an aromatic ring is 1. The first-order valence-electron chi connectivity index (χ1n) is 13.2. The van der Waals surface area contributed by atoms with Gasteiger partial charge in [-0.15, -0.1) is 11.3 Å². The fraction of sp³-hybridized carbons (Fsp3) is 0.310. The third-order valence-corrected chi connectivity index (χ3v) is 8.47. The van der Waals surface area contributed by atoms with Crippen LogP contribution >= 0.6 is 11.3 Å². The van der Waals surface area contributed by atoms with Crippen LogP contribution in [0.4, 0.5) is 31.2 Å². The first-order valence-corrected chi connectivity index (χ1v) is 14.1. The van der Waals surface area contributed by atoms with Gasteiger partial charge in [0.15, 0.2) is 0 Å². The van der Waals surface area contributed by atoms with Crippen LogP contribution in [0.5, 0.6) is 0 Å². The molecule has 4 heterocycles. The Morgan fingerprint density at radius 2 is 1.64 bits per heavy atom. The van der Waals surface area contributed by atoms with E-state index in [1.54, 1.807) is 18.3 Å². The van der Waals surface area contributed by atoms with Crippen molar-refractivity contribution in [1.29, 1.82) is 0 Å². The zero-order valence-electron chi connectivity index (χ0n) is 21.9. The number of hydrogen-bond acceptors (Lipinski definition) is 7. The van der Waals surface area contributed by atoms with Gasteiger partial charge in [0.25, 0.3) is 0 Å². The van der Waals surface area contributed by atoms with E-state index in [-0.39, 0.29) is 11.8 Å². The molecule has 2 amide bonds. The van der Waals surface area contributed by atoms with Gasteiger partial charge in [0.05, 0.1) is 21.1 Å². The molecule has 2 aliphatic rings. The van der Waals surface area contributed by atoms with Gasteiger partial charge in [0.2, 0.25) is 0 Å². The molecule has 6 rings (SSSR count). The van der Waals surface area contributed by atoms with Gasteiger partial charge in [0, 0.05) is 80.9 Å². The Kier molecular flexibility index (Phi) is 6.97. The summed E-state index contributed by atoms with van der Waals surface area (Å²) in [7, 11) is 2.15. The molecule has 202 valence electrons. The number of halogens is 1. The van der Waals surface area contributed by atoms with Crippen LogP contribution in [-0.4, -0.2) is 80.2 Å². The van der Waals surface area contributed by atoms with Crippen molar-refractivity contribution in [1.82, 2.24) is 14.8 Å². The van der Waals surface area contributed by atoms with Gasteiger partial charge >= 0.3 is 6.03 Å². The SMILES string of the molecule is CN1CCN(c2ccc(NC(=O)N3CCN(c4c(-c5ccccc5F)ncc5sc(N)cc45)CC3)cc2)CC1. The van der Waals surface area contributed by atoms with E-state index in [0.717, 1.165) is 47.6 Å². The molecule has 2 fully saturated rings. The number of pyridine rings is 1. The number of nitrogens with one attached hydrogen (secondary N) is 1. The van der Waals surface area contributed by atoms with Gasteiger partial charge in [-0.1, -0.05) is 12.1 Å². The maximum absolute atomic E-state index is 14.8. The number of urea groups is 1. The largest absolute Gasteiger partial charge is 0.391 e. The van der Waals surface area contributed by atoms with Gasteiger partial charge in [0.1, 0.15) is 5.82 Å². The zero-order chi connectivity index (χ0) is 26.9. The lowest BCUT2D eigenvalue weighted by molar-refractivity contribution is 0.208. The highest BCUT2D eigenvalue weighted by Gasteiger charge is 2.26. The van der Waals surface area contributed by atoms with E-state index in [4.69, 9.17) is 5.73 Å². The molecule has 39 heavy (non-hydrogen) atoms. The number of carbonyl (C=O) groups is 1. The van der Waals surface area contributed by atoms with Crippen LogP contribution in [0.3, 0.4) is 0 Å². The summed E-state index contributed by atoms with van der Waals surface area (Å²) in [5.74, 6) is -0.314. The molecular formula is C29H32FN7OS. The van der Waals surface area contributed by atoms with E-state index in [2.05, 4.69) is 44.2 Å². The minimum atomic E-state index is -0.314. The summed E-state index contributed by atoms with van der Waals surface area (Å²) >= 11 is 1.47. The summed E-state index contributed by atoms with van der Waals surface area (Å²) in [4.78, 5) is 26.5. The number of hydrogen-bond donors (Lipinski definition) is 2. The van der Waals surface area contributed by atoms with Crippen LogP contribution < -0.4 is 20.9 Å². The number of aromatic nitrogens is 1. The quantitative estimate of drug-likeness (QED) is 0.384. The smallest absolute Gasteiger partial charge is 0.321 e. The molecule has 4 aromatic rings. The third kappa shape index (κ3) is 5.22. The maximum atomic E-state index is 14.8. The van der Waals surface area contributed by atoms with E-state index in [9.17, 15) is 9.18 Å². The van der Waals surface area contributed by atoms with Crippen LogP contribution in [-0.2, 0) is 0 Å². The molecule has 0 spiro atoms. The second-order valence-corrected chi connectivity index (χ2v) is 11.2. The van der Waals surface area contributed by atoms with Crippen molar-refractivity contribution >= 4 is 49.5 Å². The minimum absolute atomic E-state index is 0.118. The molecule has 0 radical (unpaired) electrons. The lowest BCUT2D eigenvalue weighted by Gasteiger charge is -2.37. The predicted octanol–water partition coefficient (Wildman–Crippen LogP) is 4.79. The van der Waals surface area contributed by atoms with Crippen molar-refractivity contribution < 1.29 is 9.18 Å². The van der Waals surface area contributed by atoms with Crippen LogP contribution in [0, 0.1) is 5.82 Å². The Hall–Kier alpha value is -3.89. The molecule has 0 atom stereocenters. The van der Waals surface area contributed by atoms with Gasteiger partial charge in [-0.05, 0) is 49.5 Å². The molecule has 0 aliphatic carbocycles. The third-order valence-electron chi connectivity index (χ3n) is 7.57. The number of thiophene rings is 1. The summed E-state index contributed by atoms with van der Waals surface area (Å²) in [6, 6.07) is 16.6. The van der Waals surface area contributed by atoms with Crippen LogP contribution in [0.15, 0.2) is 60.8 Å². The zero-order valence-corrected chi connectivity index (χ0v) is 22.8. The lowest BCUT2D eigenvalue weighted by atomic mass is 10.1. The number of carbonyl (C=O) groups excluding carboxylic acids is 1. The molecule has 0 bridgehead atoms. The molecule has 2 saturated heterocycles. The van der Waals surface area contributed by atoms with Gasteiger partial charge in [-0.2, -0.15) is 0 Å². The molecule has 10 heteroatoms. The second-order valence-electron chi connectivity index (χ2n) is 10.1. The lowest BCUT2D eigenvalue weighted by Crippen LogP contribution is -2.50. The molecule has 2 aromatic carbocycles. The minimum Gasteiger partial charge on any atom is -0.391 e. The Morgan fingerprint density at radius 1 is 0.949 bits per heavy atom. The second kappa shape index (κ2) is 10.7. The molecule has 2 aliphatic heterocycles. The number of anilines is 4. The first-order chi connectivity index (χ1) is 19.0. The molecule has 0 saturated carbocycles. The molecule has 3 N–H and O–H groups in total. The Morgan fingerprint density at radius 3 is 2.36 bits per heavy atom. The van der Waals surface area contributed by atoms with Crippen molar-refractivity contribution in [2.45, 2.75) is 0 Å². The summed E-state index contributed by atoms with van der Waals surface area (Å²) in [6.45, 7) is 6.41. The number of nitrogens with zero attached hydrogens (tertiary/aromatic N) is 5. The van der Waals surface area contributed by atoms with Crippen molar-refractivity contribution in [3.8, 4) is 11.3 Å². The number of benzene rings is 2. The van der Waals surface area contributed by atoms with E-state index in [1.807, 2.05) is 29.2 Å². The topological polar surface area (TPSA) is 81.0 Å². The Bertz CT molecular complexity index is 1480. The normalized spacial score (nSPS) is 16.6. The summed E-state index contributed by atoms with van der Waals surface area (Å²) in [5, 5.41) is 4.70. The number of likely N-dealkylation sites (N-methyl/N-ethyl adjacent to an activating group) is 1. The van der Waals surface area contributed by atoms with E-state index in [0.29, 0.717) is 42.4 Å². The Balaban J connectivity index is 1.15. The fourth-order valence-electron chi connectivity index (χ4n) is 5.34. The summed E-state index contributed by atoms with van der Waals surface area (Å²) in [6.07, 6.45) is 1.76. The van der Waals surface area contributed by atoms with Crippen molar-refractivity contribution in [2.75, 3.05) is 80.3 Å². The number of nitrogens with two attached hydrogens (primary N) is 1. The highest BCUT2D eigenvalue weighted by Crippen LogP contribution is 2.41. The van der Waals surface area contributed by atoms with Crippen molar-refractivity contribution in [3.05, 3.63) is 66.6 Å². The molecule has 0 unspecified atom stereocenters. The van der Waals surface area contributed by atoms with Gasteiger partial charge < -0.3 is 30.7 Å². The number of fused-ring (bicyclic) bond motifs is 1. The number of amides is 2. The van der Waals surface area contributed by atoms with E-state index in [1.165, 1.54) is 23.1 Å². The fourth-order valence-corrected chi connectivity index (χ4v) is 6.15. The number of rotatable bonds is 4. The monoisotopic (exact) mass is 545 g/mol. The highest BCUT2D eigenvalue weighted by molar-refractivity contribution is 7.22. The molecule has 2 aromatic heterocycles. The summed E-state index contributed by atoms with van der Waals surface area (Å²) in [5.41, 5.74) is 10.0. The molecule has 8 nitrogen and oxygen atoms in total. The van der Waals surface area contributed by atoms with Crippen LogP contribution in [0.2, 0.25) is 0 Å². The molecular weight excluding hydrogens is 513 g/mol. The standard InChI is InChI=1S/C29H32FN7OS/c1-34-10-12-35(13-11-34)21-8-6-20(7-9-21)33-29(38)37-16-14-36(15-17-37)28-23-18-26(31)39-25(23)19-32-27(28)22-4-2-3-5-24(22)30/h2-9,18-19H,10-17,31H2,1H3,(H,33,38).